The minimum atomic E-state index is 0.368. The van der Waals surface area contributed by atoms with E-state index < -0.39 is 0 Å². The largest absolute Gasteiger partial charge is 0.326 e. The molecule has 1 rings (SSSR count). The van der Waals surface area contributed by atoms with Gasteiger partial charge in [0.05, 0.1) is 0 Å². The van der Waals surface area contributed by atoms with Crippen molar-refractivity contribution >= 4 is 0 Å². The fourth-order valence-corrected chi connectivity index (χ4v) is 2.35. The van der Waals surface area contributed by atoms with E-state index in [2.05, 4.69) is 25.7 Å². The molecule has 1 aliphatic heterocycles. The SMILES string of the molecule is CCC(C)C(N)CN1CCCC1CC. The number of rotatable bonds is 5. The number of nitrogens with two attached hydrogens (primary N) is 1. The smallest absolute Gasteiger partial charge is 0.0193 e. The summed E-state index contributed by atoms with van der Waals surface area (Å²) in [6.45, 7) is 9.15. The molecule has 1 heterocycles. The molecule has 1 aliphatic rings. The molecule has 0 aromatic carbocycles. The van der Waals surface area contributed by atoms with Gasteiger partial charge in [0.25, 0.3) is 0 Å². The van der Waals surface area contributed by atoms with Crippen LogP contribution in [0.2, 0.25) is 0 Å². The molecule has 0 saturated carbocycles. The highest BCUT2D eigenvalue weighted by Crippen LogP contribution is 2.20. The zero-order chi connectivity index (χ0) is 10.6. The molecule has 0 radical (unpaired) electrons. The fourth-order valence-electron chi connectivity index (χ4n) is 2.35. The van der Waals surface area contributed by atoms with Gasteiger partial charge in [-0.1, -0.05) is 27.2 Å². The predicted molar refractivity (Wildman–Crippen MR) is 62.3 cm³/mol. The van der Waals surface area contributed by atoms with Gasteiger partial charge in [0.15, 0.2) is 0 Å². The van der Waals surface area contributed by atoms with Crippen LogP contribution in [0.5, 0.6) is 0 Å². The van der Waals surface area contributed by atoms with E-state index in [0.29, 0.717) is 12.0 Å². The Hall–Kier alpha value is -0.0800. The molecular formula is C12H26N2. The zero-order valence-corrected chi connectivity index (χ0v) is 10.00. The lowest BCUT2D eigenvalue weighted by Gasteiger charge is -2.29. The standard InChI is InChI=1S/C12H26N2/c1-4-10(3)12(13)9-14-8-6-7-11(14)5-2/h10-12H,4-9,13H2,1-3H3. The van der Waals surface area contributed by atoms with E-state index >= 15 is 0 Å². The van der Waals surface area contributed by atoms with Crippen LogP contribution in [0.15, 0.2) is 0 Å². The molecule has 0 amide bonds. The normalized spacial score (nSPS) is 27.9. The van der Waals surface area contributed by atoms with Crippen LogP contribution < -0.4 is 5.73 Å². The quantitative estimate of drug-likeness (QED) is 0.734. The van der Waals surface area contributed by atoms with Gasteiger partial charge in [-0.3, -0.25) is 4.90 Å². The maximum absolute atomic E-state index is 6.18. The average Bonchev–Trinajstić information content (AvgIpc) is 2.63. The highest BCUT2D eigenvalue weighted by atomic mass is 15.2. The van der Waals surface area contributed by atoms with Crippen LogP contribution in [-0.4, -0.2) is 30.1 Å². The molecule has 0 aliphatic carbocycles. The Kier molecular flexibility index (Phi) is 4.90. The summed E-state index contributed by atoms with van der Waals surface area (Å²) >= 11 is 0. The summed E-state index contributed by atoms with van der Waals surface area (Å²) in [6.07, 6.45) is 5.23. The van der Waals surface area contributed by atoms with Crippen molar-refractivity contribution in [3.63, 3.8) is 0 Å². The summed E-state index contributed by atoms with van der Waals surface area (Å²) in [4.78, 5) is 2.59. The lowest BCUT2D eigenvalue weighted by Crippen LogP contribution is -2.43. The molecule has 0 aromatic rings. The summed E-state index contributed by atoms with van der Waals surface area (Å²) in [5.74, 6) is 0.660. The van der Waals surface area contributed by atoms with E-state index in [1.807, 2.05) is 0 Å². The summed E-state index contributed by atoms with van der Waals surface area (Å²) < 4.78 is 0. The lowest BCUT2D eigenvalue weighted by molar-refractivity contribution is 0.212. The molecule has 0 spiro atoms. The van der Waals surface area contributed by atoms with Gasteiger partial charge in [0.1, 0.15) is 0 Å². The molecule has 2 nitrogen and oxygen atoms in total. The van der Waals surface area contributed by atoms with Crippen LogP contribution in [0.4, 0.5) is 0 Å². The molecule has 0 aromatic heterocycles. The Balaban J connectivity index is 2.35. The first kappa shape index (κ1) is 12.0. The van der Waals surface area contributed by atoms with Gasteiger partial charge >= 0.3 is 0 Å². The summed E-state index contributed by atoms with van der Waals surface area (Å²) in [7, 11) is 0. The van der Waals surface area contributed by atoms with Crippen molar-refractivity contribution in [3.8, 4) is 0 Å². The second-order valence-corrected chi connectivity index (χ2v) is 4.75. The average molecular weight is 198 g/mol. The van der Waals surface area contributed by atoms with Gasteiger partial charge in [-0.2, -0.15) is 0 Å². The Morgan fingerprint density at radius 1 is 1.43 bits per heavy atom. The van der Waals surface area contributed by atoms with Crippen LogP contribution in [0.1, 0.15) is 46.5 Å². The predicted octanol–water partition coefficient (Wildman–Crippen LogP) is 2.23. The maximum atomic E-state index is 6.18. The minimum absolute atomic E-state index is 0.368. The number of hydrogen-bond donors (Lipinski definition) is 1. The highest BCUT2D eigenvalue weighted by molar-refractivity contribution is 4.82. The maximum Gasteiger partial charge on any atom is 0.0193 e. The number of likely N-dealkylation sites (tertiary alicyclic amines) is 1. The molecule has 2 N–H and O–H groups in total. The van der Waals surface area contributed by atoms with E-state index in [0.717, 1.165) is 12.6 Å². The molecule has 2 heteroatoms. The number of hydrogen-bond acceptors (Lipinski definition) is 2. The molecule has 1 fully saturated rings. The Labute approximate surface area is 88.8 Å². The van der Waals surface area contributed by atoms with E-state index in [9.17, 15) is 0 Å². The molecule has 14 heavy (non-hydrogen) atoms. The van der Waals surface area contributed by atoms with Gasteiger partial charge in [-0.25, -0.2) is 0 Å². The molecule has 84 valence electrons. The Morgan fingerprint density at radius 2 is 2.14 bits per heavy atom. The monoisotopic (exact) mass is 198 g/mol. The van der Waals surface area contributed by atoms with Crippen molar-refractivity contribution in [3.05, 3.63) is 0 Å². The van der Waals surface area contributed by atoms with Crippen LogP contribution in [0, 0.1) is 5.92 Å². The third-order valence-corrected chi connectivity index (χ3v) is 3.79. The molecule has 0 bridgehead atoms. The topological polar surface area (TPSA) is 29.3 Å². The molecular weight excluding hydrogens is 172 g/mol. The zero-order valence-electron chi connectivity index (χ0n) is 10.00. The van der Waals surface area contributed by atoms with E-state index in [1.54, 1.807) is 0 Å². The summed E-state index contributed by atoms with van der Waals surface area (Å²) in [5, 5.41) is 0. The summed E-state index contributed by atoms with van der Waals surface area (Å²) in [5.41, 5.74) is 6.18. The van der Waals surface area contributed by atoms with Crippen LogP contribution in [0.25, 0.3) is 0 Å². The first-order chi connectivity index (χ1) is 6.69. The first-order valence-electron chi connectivity index (χ1n) is 6.18. The van der Waals surface area contributed by atoms with Crippen molar-refractivity contribution < 1.29 is 0 Å². The highest BCUT2D eigenvalue weighted by Gasteiger charge is 2.25. The van der Waals surface area contributed by atoms with Gasteiger partial charge in [-0.05, 0) is 31.7 Å². The summed E-state index contributed by atoms with van der Waals surface area (Å²) in [6, 6.07) is 1.18. The Bertz CT molecular complexity index is 158. The van der Waals surface area contributed by atoms with Crippen molar-refractivity contribution in [2.75, 3.05) is 13.1 Å². The van der Waals surface area contributed by atoms with Crippen LogP contribution >= 0.6 is 0 Å². The second-order valence-electron chi connectivity index (χ2n) is 4.75. The third-order valence-electron chi connectivity index (χ3n) is 3.79. The van der Waals surface area contributed by atoms with Crippen molar-refractivity contribution in [1.29, 1.82) is 0 Å². The number of nitrogens with zero attached hydrogens (tertiary/aromatic N) is 1. The lowest BCUT2D eigenvalue weighted by atomic mass is 9.99. The van der Waals surface area contributed by atoms with E-state index in [4.69, 9.17) is 5.73 Å². The molecule has 3 unspecified atom stereocenters. The van der Waals surface area contributed by atoms with Gasteiger partial charge in [0.2, 0.25) is 0 Å². The molecule has 1 saturated heterocycles. The van der Waals surface area contributed by atoms with Gasteiger partial charge in [-0.15, -0.1) is 0 Å². The van der Waals surface area contributed by atoms with Crippen molar-refractivity contribution in [1.82, 2.24) is 4.90 Å². The minimum Gasteiger partial charge on any atom is -0.326 e. The van der Waals surface area contributed by atoms with Crippen molar-refractivity contribution in [2.45, 2.75) is 58.5 Å². The second kappa shape index (κ2) is 5.72. The van der Waals surface area contributed by atoms with Gasteiger partial charge in [0, 0.05) is 18.6 Å². The van der Waals surface area contributed by atoms with E-state index in [1.165, 1.54) is 32.2 Å². The van der Waals surface area contributed by atoms with Gasteiger partial charge < -0.3 is 5.73 Å². The van der Waals surface area contributed by atoms with Crippen LogP contribution in [0.3, 0.4) is 0 Å². The first-order valence-corrected chi connectivity index (χ1v) is 6.18. The fraction of sp³-hybridized carbons (Fsp3) is 1.00. The third kappa shape index (κ3) is 2.96. The molecule has 3 atom stereocenters. The Morgan fingerprint density at radius 3 is 2.71 bits per heavy atom. The van der Waals surface area contributed by atoms with E-state index in [-0.39, 0.29) is 0 Å². The van der Waals surface area contributed by atoms with Crippen LogP contribution in [-0.2, 0) is 0 Å². The van der Waals surface area contributed by atoms with Crippen molar-refractivity contribution in [2.24, 2.45) is 11.7 Å².